The first-order valence-corrected chi connectivity index (χ1v) is 9.71. The van der Waals surface area contributed by atoms with Gasteiger partial charge in [-0.3, -0.25) is 9.48 Å². The van der Waals surface area contributed by atoms with E-state index in [1.807, 2.05) is 46.2 Å². The summed E-state index contributed by atoms with van der Waals surface area (Å²) in [4.78, 5) is 14.9. The highest BCUT2D eigenvalue weighted by Gasteiger charge is 2.43. The van der Waals surface area contributed by atoms with Crippen molar-refractivity contribution in [3.05, 3.63) is 41.1 Å². The van der Waals surface area contributed by atoms with Crippen molar-refractivity contribution >= 4 is 21.8 Å². The van der Waals surface area contributed by atoms with E-state index >= 15 is 0 Å². The summed E-state index contributed by atoms with van der Waals surface area (Å²) in [5.41, 5.74) is 0. The molecule has 4 rings (SSSR count). The Balaban J connectivity index is 1.40. The largest absolute Gasteiger partial charge is 0.493 e. The van der Waals surface area contributed by atoms with Gasteiger partial charge in [0.15, 0.2) is 18.1 Å². The fraction of sp³-hybridized carbons (Fsp3) is 0.474. The number of piperidine rings is 1. The van der Waals surface area contributed by atoms with Crippen molar-refractivity contribution in [3.63, 3.8) is 0 Å². The number of halogens is 1. The third-order valence-electron chi connectivity index (χ3n) is 5.36. The van der Waals surface area contributed by atoms with Crippen molar-refractivity contribution in [3.8, 4) is 11.5 Å². The van der Waals surface area contributed by atoms with Crippen LogP contribution in [-0.4, -0.2) is 46.4 Å². The fourth-order valence-electron chi connectivity index (χ4n) is 4.24. The molecule has 138 valence electrons. The van der Waals surface area contributed by atoms with E-state index in [1.165, 1.54) is 0 Å². The smallest absolute Gasteiger partial charge is 0.261 e. The average molecular weight is 420 g/mol. The van der Waals surface area contributed by atoms with Crippen LogP contribution in [0.5, 0.6) is 11.5 Å². The molecule has 6 nitrogen and oxygen atoms in total. The van der Waals surface area contributed by atoms with Gasteiger partial charge in [-0.25, -0.2) is 0 Å². The maximum atomic E-state index is 12.8. The molecule has 0 radical (unpaired) electrons. The summed E-state index contributed by atoms with van der Waals surface area (Å²) in [6.07, 6.45) is 7.86. The average Bonchev–Trinajstić information content (AvgIpc) is 3.20. The van der Waals surface area contributed by atoms with Crippen LogP contribution in [0.1, 0.15) is 31.7 Å². The van der Waals surface area contributed by atoms with E-state index in [0.29, 0.717) is 17.5 Å². The van der Waals surface area contributed by atoms with Gasteiger partial charge in [-0.05, 0) is 53.7 Å². The van der Waals surface area contributed by atoms with E-state index in [1.54, 1.807) is 7.11 Å². The summed E-state index contributed by atoms with van der Waals surface area (Å²) >= 11 is 3.46. The number of amides is 1. The van der Waals surface area contributed by atoms with Crippen LogP contribution in [0.3, 0.4) is 0 Å². The molecular weight excluding hydrogens is 398 g/mol. The molecule has 2 saturated heterocycles. The number of ether oxygens (including phenoxy) is 2. The lowest BCUT2D eigenvalue weighted by Gasteiger charge is -2.39. The van der Waals surface area contributed by atoms with Gasteiger partial charge in [0, 0.05) is 18.3 Å². The summed E-state index contributed by atoms with van der Waals surface area (Å²) in [5.74, 6) is 1.31. The molecule has 1 aromatic heterocycles. The van der Waals surface area contributed by atoms with Crippen molar-refractivity contribution in [1.82, 2.24) is 14.7 Å². The Morgan fingerprint density at radius 1 is 1.19 bits per heavy atom. The molecule has 7 heteroatoms. The Morgan fingerprint density at radius 3 is 2.50 bits per heavy atom. The molecule has 1 amide bonds. The maximum absolute atomic E-state index is 12.8. The third kappa shape index (κ3) is 3.32. The first-order valence-electron chi connectivity index (χ1n) is 8.92. The van der Waals surface area contributed by atoms with Gasteiger partial charge < -0.3 is 14.4 Å². The molecule has 1 aromatic carbocycles. The number of hydrogen-bond donors (Lipinski definition) is 0. The number of hydrogen-bond acceptors (Lipinski definition) is 4. The highest BCUT2D eigenvalue weighted by atomic mass is 79.9. The number of benzene rings is 1. The van der Waals surface area contributed by atoms with Gasteiger partial charge in [-0.1, -0.05) is 12.1 Å². The van der Waals surface area contributed by atoms with Crippen molar-refractivity contribution in [2.45, 2.75) is 43.8 Å². The molecule has 0 N–H and O–H groups in total. The van der Waals surface area contributed by atoms with Crippen LogP contribution >= 0.6 is 15.9 Å². The van der Waals surface area contributed by atoms with Crippen LogP contribution in [0.2, 0.25) is 0 Å². The number of carbonyl (C=O) groups is 1. The number of para-hydroxylation sites is 2. The number of carbonyl (C=O) groups excluding carboxylic acids is 1. The van der Waals surface area contributed by atoms with Crippen molar-refractivity contribution in [2.24, 2.45) is 0 Å². The Morgan fingerprint density at radius 2 is 1.88 bits per heavy atom. The zero-order valence-electron chi connectivity index (χ0n) is 14.7. The van der Waals surface area contributed by atoms with Gasteiger partial charge in [0.2, 0.25) is 0 Å². The predicted octanol–water partition coefficient (Wildman–Crippen LogP) is 3.43. The van der Waals surface area contributed by atoms with E-state index in [2.05, 4.69) is 21.0 Å². The Kier molecular flexibility index (Phi) is 4.89. The molecule has 0 saturated carbocycles. The second kappa shape index (κ2) is 7.31. The molecule has 2 unspecified atom stereocenters. The minimum absolute atomic E-state index is 0.0470. The Labute approximate surface area is 161 Å². The topological polar surface area (TPSA) is 56.6 Å². The summed E-state index contributed by atoms with van der Waals surface area (Å²) in [5, 5.41) is 4.43. The van der Waals surface area contributed by atoms with E-state index in [-0.39, 0.29) is 24.6 Å². The molecule has 26 heavy (non-hydrogen) atoms. The first-order chi connectivity index (χ1) is 12.7. The molecule has 2 aromatic rings. The molecular formula is C19H22BrN3O3. The molecule has 2 bridgehead atoms. The number of aromatic nitrogens is 2. The van der Waals surface area contributed by atoms with E-state index in [9.17, 15) is 4.79 Å². The Bertz CT molecular complexity index is 780. The first kappa shape index (κ1) is 17.4. The molecule has 0 spiro atoms. The highest BCUT2D eigenvalue weighted by molar-refractivity contribution is 9.10. The highest BCUT2D eigenvalue weighted by Crippen LogP contribution is 2.41. The second-order valence-electron chi connectivity index (χ2n) is 6.89. The van der Waals surface area contributed by atoms with Crippen LogP contribution in [0.15, 0.2) is 41.1 Å². The lowest BCUT2D eigenvalue weighted by atomic mass is 9.97. The number of nitrogens with zero attached hydrogens (tertiary/aromatic N) is 3. The standard InChI is InChI=1S/C19H22BrN3O3/c1-25-17-4-2-3-5-18(17)26-12-19(24)23-14-6-7-15(23)9-16(8-14)22-11-13(20)10-21-22/h2-5,10-11,14-16H,6-9,12H2,1H3. The lowest BCUT2D eigenvalue weighted by molar-refractivity contribution is -0.138. The Hall–Kier alpha value is -2.02. The second-order valence-corrected chi connectivity index (χ2v) is 7.81. The van der Waals surface area contributed by atoms with Crippen molar-refractivity contribution in [2.75, 3.05) is 13.7 Å². The van der Waals surface area contributed by atoms with Crippen molar-refractivity contribution in [1.29, 1.82) is 0 Å². The van der Waals surface area contributed by atoms with Gasteiger partial charge in [-0.2, -0.15) is 5.10 Å². The van der Waals surface area contributed by atoms with Crippen LogP contribution in [0.4, 0.5) is 0 Å². The minimum Gasteiger partial charge on any atom is -0.493 e. The van der Waals surface area contributed by atoms with Crippen LogP contribution < -0.4 is 9.47 Å². The fourth-order valence-corrected chi connectivity index (χ4v) is 4.54. The van der Waals surface area contributed by atoms with E-state index < -0.39 is 0 Å². The zero-order valence-corrected chi connectivity index (χ0v) is 16.3. The van der Waals surface area contributed by atoms with Gasteiger partial charge in [0.1, 0.15) is 0 Å². The molecule has 0 aliphatic carbocycles. The van der Waals surface area contributed by atoms with Crippen molar-refractivity contribution < 1.29 is 14.3 Å². The number of methoxy groups -OCH3 is 1. The quantitative estimate of drug-likeness (QED) is 0.744. The lowest BCUT2D eigenvalue weighted by Crippen LogP contribution is -2.48. The van der Waals surface area contributed by atoms with Gasteiger partial charge >= 0.3 is 0 Å². The predicted molar refractivity (Wildman–Crippen MR) is 100 cm³/mol. The number of fused-ring (bicyclic) bond motifs is 2. The van der Waals surface area contributed by atoms with E-state index in [0.717, 1.165) is 30.2 Å². The maximum Gasteiger partial charge on any atom is 0.261 e. The van der Waals surface area contributed by atoms with Crippen LogP contribution in [-0.2, 0) is 4.79 Å². The minimum atomic E-state index is 0.0470. The van der Waals surface area contributed by atoms with Gasteiger partial charge in [-0.15, -0.1) is 0 Å². The molecule has 2 fully saturated rings. The van der Waals surface area contributed by atoms with E-state index in [4.69, 9.17) is 9.47 Å². The molecule has 2 aliphatic rings. The van der Waals surface area contributed by atoms with Crippen LogP contribution in [0.25, 0.3) is 0 Å². The third-order valence-corrected chi connectivity index (χ3v) is 5.77. The summed E-state index contributed by atoms with van der Waals surface area (Å²) < 4.78 is 14.0. The number of rotatable bonds is 5. The summed E-state index contributed by atoms with van der Waals surface area (Å²) in [6.45, 7) is 0.0470. The summed E-state index contributed by atoms with van der Waals surface area (Å²) in [7, 11) is 1.60. The normalized spacial score (nSPS) is 24.5. The molecule has 2 atom stereocenters. The SMILES string of the molecule is COc1ccccc1OCC(=O)N1C2CCC1CC(n1cc(Br)cn1)C2. The summed E-state index contributed by atoms with van der Waals surface area (Å²) in [6, 6.07) is 8.31. The van der Waals surface area contributed by atoms with Gasteiger partial charge in [0.25, 0.3) is 5.91 Å². The molecule has 2 aliphatic heterocycles. The zero-order chi connectivity index (χ0) is 18.1. The molecule has 3 heterocycles. The monoisotopic (exact) mass is 419 g/mol. The van der Waals surface area contributed by atoms with Gasteiger partial charge in [0.05, 0.1) is 23.8 Å². The van der Waals surface area contributed by atoms with Crippen LogP contribution in [0, 0.1) is 0 Å².